The number of hydrogen-bond acceptors (Lipinski definition) is 6. The largest absolute Gasteiger partial charge is 0.450 e. The first kappa shape index (κ1) is 28.8. The van der Waals surface area contributed by atoms with E-state index in [1.807, 2.05) is 39.0 Å². The second-order valence-corrected chi connectivity index (χ2v) is 11.2. The fraction of sp³-hybridized carbons (Fsp3) is 0.367. The van der Waals surface area contributed by atoms with Gasteiger partial charge in [-0.05, 0) is 71.2 Å². The van der Waals surface area contributed by atoms with Gasteiger partial charge < -0.3 is 15.0 Å². The van der Waals surface area contributed by atoms with E-state index in [2.05, 4.69) is 27.6 Å². The van der Waals surface area contributed by atoms with Crippen molar-refractivity contribution in [1.82, 2.24) is 20.4 Å². The van der Waals surface area contributed by atoms with Crippen molar-refractivity contribution in [3.8, 4) is 17.6 Å². The zero-order chi connectivity index (χ0) is 29.2. The quantitative estimate of drug-likeness (QED) is 0.406. The number of likely N-dealkylation sites (tertiary alicyclic amines) is 1. The number of halogens is 1. The number of carbonyl (C=O) groups is 2. The molecule has 9 nitrogen and oxygen atoms in total. The molecule has 2 amide bonds. The number of benzene rings is 2. The number of ether oxygens (including phenoxy) is 1. The zero-order valence-electron chi connectivity index (χ0n) is 23.1. The Labute approximate surface area is 238 Å². The summed E-state index contributed by atoms with van der Waals surface area (Å²) < 4.78 is 5.62. The lowest BCUT2D eigenvalue weighted by molar-refractivity contribution is -0.137. The van der Waals surface area contributed by atoms with E-state index in [9.17, 15) is 19.6 Å². The molecule has 0 spiro atoms. The average Bonchev–Trinajstić information content (AvgIpc) is 3.37. The van der Waals surface area contributed by atoms with Gasteiger partial charge in [-0.1, -0.05) is 41.4 Å². The number of H-pyrrole nitrogens is 1. The van der Waals surface area contributed by atoms with Gasteiger partial charge in [0.05, 0.1) is 34.3 Å². The summed E-state index contributed by atoms with van der Waals surface area (Å²) in [7, 11) is 0. The smallest absolute Gasteiger partial charge is 0.307 e. The number of aryl methyl sites for hydroxylation is 2. The molecule has 1 aromatic heterocycles. The number of nitrogens with zero attached hydrogens (tertiary/aromatic N) is 3. The third-order valence-electron chi connectivity index (χ3n) is 7.22. The van der Waals surface area contributed by atoms with Crippen LogP contribution in [0.3, 0.4) is 0 Å². The van der Waals surface area contributed by atoms with Crippen LogP contribution in [0.2, 0.25) is 5.02 Å². The van der Waals surface area contributed by atoms with Crippen LogP contribution in [0.1, 0.15) is 66.8 Å². The van der Waals surface area contributed by atoms with Gasteiger partial charge in [-0.2, -0.15) is 10.4 Å². The van der Waals surface area contributed by atoms with Crippen LogP contribution in [-0.4, -0.2) is 39.0 Å². The van der Waals surface area contributed by atoms with Gasteiger partial charge in [0.2, 0.25) is 5.91 Å². The third-order valence-corrected chi connectivity index (χ3v) is 7.51. The van der Waals surface area contributed by atoms with Crippen molar-refractivity contribution < 1.29 is 14.3 Å². The molecule has 0 aliphatic carbocycles. The summed E-state index contributed by atoms with van der Waals surface area (Å²) in [4.78, 5) is 40.8. The minimum Gasteiger partial charge on any atom is -0.450 e. The van der Waals surface area contributed by atoms with Crippen LogP contribution in [0.5, 0.6) is 11.5 Å². The molecule has 2 aromatic carbocycles. The Morgan fingerprint density at radius 1 is 1.18 bits per heavy atom. The van der Waals surface area contributed by atoms with Crippen molar-refractivity contribution in [3.63, 3.8) is 0 Å². The number of hydrogen-bond donors (Lipinski definition) is 2. The lowest BCUT2D eigenvalue weighted by Crippen LogP contribution is -2.52. The molecule has 0 radical (unpaired) electrons. The molecule has 1 aliphatic rings. The summed E-state index contributed by atoms with van der Waals surface area (Å²) >= 11 is 6.36. The van der Waals surface area contributed by atoms with Gasteiger partial charge in [-0.15, -0.1) is 0 Å². The highest BCUT2D eigenvalue weighted by Gasteiger charge is 2.46. The lowest BCUT2D eigenvalue weighted by atomic mass is 9.84. The van der Waals surface area contributed by atoms with Crippen LogP contribution in [0.25, 0.3) is 0 Å². The summed E-state index contributed by atoms with van der Waals surface area (Å²) in [6, 6.07) is 14.9. The van der Waals surface area contributed by atoms with E-state index in [1.165, 1.54) is 24.3 Å². The third kappa shape index (κ3) is 6.02. The van der Waals surface area contributed by atoms with Crippen LogP contribution in [0.4, 0.5) is 0 Å². The number of amides is 2. The predicted octanol–water partition coefficient (Wildman–Crippen LogP) is 5.23. The van der Waals surface area contributed by atoms with Crippen molar-refractivity contribution in [1.29, 1.82) is 5.26 Å². The number of carbonyl (C=O) groups excluding carboxylic acids is 2. The molecule has 2 heterocycles. The highest BCUT2D eigenvalue weighted by atomic mass is 35.5. The molecular formula is C30H32ClN5O4. The maximum absolute atomic E-state index is 13.9. The number of aromatic amines is 1. The van der Waals surface area contributed by atoms with E-state index < -0.39 is 22.9 Å². The first-order chi connectivity index (χ1) is 18.9. The monoisotopic (exact) mass is 561 g/mol. The minimum absolute atomic E-state index is 0.0226. The van der Waals surface area contributed by atoms with Gasteiger partial charge in [-0.25, -0.2) is 5.10 Å². The summed E-state index contributed by atoms with van der Waals surface area (Å²) in [5.41, 5.74) is 1.59. The van der Waals surface area contributed by atoms with Crippen molar-refractivity contribution >= 4 is 23.4 Å². The van der Waals surface area contributed by atoms with E-state index in [0.29, 0.717) is 12.1 Å². The summed E-state index contributed by atoms with van der Waals surface area (Å²) in [6.45, 7) is 9.02. The normalized spacial score (nSPS) is 17.7. The molecule has 2 N–H and O–H groups in total. The molecule has 3 aromatic rings. The van der Waals surface area contributed by atoms with Crippen LogP contribution in [-0.2, 0) is 4.79 Å². The topological polar surface area (TPSA) is 128 Å². The standard InChI is InChI=1S/C30H32ClN5O4/c1-17-7-6-8-20(13-17)23-10-12-26(30(4,5)16-32)36(23)29(39)19(3)33-27(37)21-9-11-24(22(31)15-21)40-25-14-18(2)34-35-28(25)38/h6-9,11,13-15,19,23,26H,10,12H2,1-5H3,(H,33,37)(H,35,38)/t19-,23+,26-/m1/s1. The average molecular weight is 562 g/mol. The van der Waals surface area contributed by atoms with Gasteiger partial charge in [0, 0.05) is 11.6 Å². The van der Waals surface area contributed by atoms with Gasteiger partial charge in [0.25, 0.3) is 5.91 Å². The second-order valence-electron chi connectivity index (χ2n) is 10.7. The number of nitrogens with one attached hydrogen (secondary N) is 2. The molecule has 0 unspecified atom stereocenters. The molecule has 3 atom stereocenters. The molecule has 1 fully saturated rings. The van der Waals surface area contributed by atoms with Crippen LogP contribution in [0.15, 0.2) is 53.3 Å². The first-order valence-corrected chi connectivity index (χ1v) is 13.4. The lowest BCUT2D eigenvalue weighted by Gasteiger charge is -2.38. The van der Waals surface area contributed by atoms with Gasteiger partial charge in [-0.3, -0.25) is 14.4 Å². The zero-order valence-corrected chi connectivity index (χ0v) is 23.9. The van der Waals surface area contributed by atoms with E-state index in [4.69, 9.17) is 16.3 Å². The van der Waals surface area contributed by atoms with E-state index >= 15 is 0 Å². The van der Waals surface area contributed by atoms with Gasteiger partial charge in [0.1, 0.15) is 11.8 Å². The molecule has 4 rings (SSSR count). The van der Waals surface area contributed by atoms with Crippen LogP contribution in [0, 0.1) is 30.6 Å². The Morgan fingerprint density at radius 3 is 2.60 bits per heavy atom. The highest BCUT2D eigenvalue weighted by Crippen LogP contribution is 2.43. The maximum Gasteiger partial charge on any atom is 0.307 e. The molecule has 40 heavy (non-hydrogen) atoms. The predicted molar refractivity (Wildman–Crippen MR) is 151 cm³/mol. The summed E-state index contributed by atoms with van der Waals surface area (Å²) in [5.74, 6) is -0.536. The van der Waals surface area contributed by atoms with E-state index in [-0.39, 0.29) is 40.1 Å². The van der Waals surface area contributed by atoms with Gasteiger partial charge in [0.15, 0.2) is 5.75 Å². The van der Waals surface area contributed by atoms with E-state index in [1.54, 1.807) is 18.7 Å². The van der Waals surface area contributed by atoms with Crippen molar-refractivity contribution in [2.24, 2.45) is 5.41 Å². The fourth-order valence-corrected chi connectivity index (χ4v) is 5.29. The minimum atomic E-state index is -0.858. The summed E-state index contributed by atoms with van der Waals surface area (Å²) in [5, 5.41) is 18.9. The van der Waals surface area contributed by atoms with Gasteiger partial charge >= 0.3 is 5.56 Å². The molecule has 208 valence electrons. The Hall–Kier alpha value is -4.16. The van der Waals surface area contributed by atoms with Crippen LogP contribution >= 0.6 is 11.6 Å². The molecule has 0 saturated carbocycles. The Kier molecular flexibility index (Phi) is 8.31. The molecule has 0 bridgehead atoms. The Morgan fingerprint density at radius 2 is 1.93 bits per heavy atom. The van der Waals surface area contributed by atoms with E-state index in [0.717, 1.165) is 17.5 Å². The first-order valence-electron chi connectivity index (χ1n) is 13.1. The van der Waals surface area contributed by atoms with Crippen molar-refractivity contribution in [2.45, 2.75) is 65.6 Å². The highest BCUT2D eigenvalue weighted by molar-refractivity contribution is 6.32. The molecular weight excluding hydrogens is 530 g/mol. The molecule has 1 saturated heterocycles. The molecule has 10 heteroatoms. The number of nitriles is 1. The van der Waals surface area contributed by atoms with Crippen LogP contribution < -0.4 is 15.6 Å². The number of aromatic nitrogens is 2. The van der Waals surface area contributed by atoms with Crippen molar-refractivity contribution in [2.75, 3.05) is 0 Å². The van der Waals surface area contributed by atoms with Crippen molar-refractivity contribution in [3.05, 3.63) is 86.3 Å². The Bertz CT molecular complexity index is 1540. The number of rotatable bonds is 7. The summed E-state index contributed by atoms with van der Waals surface area (Å²) in [6.07, 6.45) is 1.41. The maximum atomic E-state index is 13.9. The molecule has 1 aliphatic heterocycles. The fourth-order valence-electron chi connectivity index (χ4n) is 5.07. The Balaban J connectivity index is 1.53. The SMILES string of the molecule is Cc1cccc([C@@H]2CC[C@H](C(C)(C)C#N)N2C(=O)[C@@H](C)NC(=O)c2ccc(Oc3cc(C)n[nH]c3=O)c(Cl)c2)c1. The second kappa shape index (κ2) is 11.5.